The van der Waals surface area contributed by atoms with Crippen molar-refractivity contribution in [1.82, 2.24) is 0 Å². The Labute approximate surface area is 98.6 Å². The average molecular weight is 249 g/mol. The van der Waals surface area contributed by atoms with E-state index in [1.54, 1.807) is 0 Å². The summed E-state index contributed by atoms with van der Waals surface area (Å²) in [6.45, 7) is 2.79. The van der Waals surface area contributed by atoms with E-state index in [2.05, 4.69) is 0 Å². The first kappa shape index (κ1) is 13.9. The van der Waals surface area contributed by atoms with Crippen LogP contribution in [0.25, 0.3) is 0 Å². The lowest BCUT2D eigenvalue weighted by atomic mass is 10.1. The van der Waals surface area contributed by atoms with Crippen LogP contribution in [-0.4, -0.2) is 26.9 Å². The van der Waals surface area contributed by atoms with Crippen LogP contribution in [0.4, 0.5) is 0 Å². The first-order valence-corrected chi connectivity index (χ1v) is 7.81. The third kappa shape index (κ3) is 6.45. The number of primary sulfonamides is 1. The molecular weight excluding hydrogens is 226 g/mol. The molecular formula is C11H23NO3S. The summed E-state index contributed by atoms with van der Waals surface area (Å²) in [4.78, 5) is 0. The number of hydrogen-bond donors (Lipinski definition) is 1. The van der Waals surface area contributed by atoms with E-state index in [0.717, 1.165) is 13.0 Å². The van der Waals surface area contributed by atoms with Gasteiger partial charge >= 0.3 is 0 Å². The van der Waals surface area contributed by atoms with Gasteiger partial charge in [-0.2, -0.15) is 0 Å². The van der Waals surface area contributed by atoms with E-state index in [1.807, 2.05) is 6.92 Å². The topological polar surface area (TPSA) is 69.4 Å². The Bertz CT molecular complexity index is 284. The van der Waals surface area contributed by atoms with Gasteiger partial charge in [0.05, 0.1) is 11.9 Å². The summed E-state index contributed by atoms with van der Waals surface area (Å²) in [7, 11) is -3.30. The van der Waals surface area contributed by atoms with Crippen molar-refractivity contribution >= 4 is 10.0 Å². The maximum Gasteiger partial charge on any atom is 0.209 e. The highest BCUT2D eigenvalue weighted by atomic mass is 32.2. The van der Waals surface area contributed by atoms with Crippen LogP contribution in [0.3, 0.4) is 0 Å². The largest absolute Gasteiger partial charge is 0.378 e. The maximum atomic E-state index is 10.8. The Balaban J connectivity index is 2.03. The Hall–Kier alpha value is -0.130. The van der Waals surface area contributed by atoms with E-state index in [9.17, 15) is 8.42 Å². The standard InChI is InChI=1S/C11H23NO3S/c1-10(7-9-16(12,13)14)6-8-15-11-4-2-3-5-11/h10-11H,2-9H2,1H3,(H2,12,13,14). The van der Waals surface area contributed by atoms with Crippen molar-refractivity contribution in [1.29, 1.82) is 0 Å². The quantitative estimate of drug-likeness (QED) is 0.746. The van der Waals surface area contributed by atoms with Crippen molar-refractivity contribution in [3.63, 3.8) is 0 Å². The molecule has 0 radical (unpaired) electrons. The molecule has 0 heterocycles. The van der Waals surface area contributed by atoms with Gasteiger partial charge in [0.1, 0.15) is 0 Å². The molecule has 0 bridgehead atoms. The summed E-state index contributed by atoms with van der Waals surface area (Å²) in [6.07, 6.45) is 6.94. The van der Waals surface area contributed by atoms with Crippen LogP contribution in [0.5, 0.6) is 0 Å². The predicted molar refractivity (Wildman–Crippen MR) is 64.6 cm³/mol. The van der Waals surface area contributed by atoms with Crippen LogP contribution in [0, 0.1) is 5.92 Å². The molecule has 0 aromatic heterocycles. The van der Waals surface area contributed by atoms with Gasteiger partial charge < -0.3 is 4.74 Å². The molecule has 1 aliphatic carbocycles. The molecule has 0 aliphatic heterocycles. The summed E-state index contributed by atoms with van der Waals surface area (Å²) in [5.41, 5.74) is 0. The fourth-order valence-electron chi connectivity index (χ4n) is 2.00. The van der Waals surface area contributed by atoms with Crippen LogP contribution >= 0.6 is 0 Å². The molecule has 1 fully saturated rings. The van der Waals surface area contributed by atoms with E-state index >= 15 is 0 Å². The normalized spacial score (nSPS) is 20.1. The summed E-state index contributed by atoms with van der Waals surface area (Å²) in [5, 5.41) is 4.95. The summed E-state index contributed by atoms with van der Waals surface area (Å²) >= 11 is 0. The van der Waals surface area contributed by atoms with Crippen LogP contribution in [0.15, 0.2) is 0 Å². The monoisotopic (exact) mass is 249 g/mol. The van der Waals surface area contributed by atoms with Crippen molar-refractivity contribution in [3.8, 4) is 0 Å². The predicted octanol–water partition coefficient (Wildman–Crippen LogP) is 1.65. The zero-order valence-electron chi connectivity index (χ0n) is 10.0. The first-order valence-electron chi connectivity index (χ1n) is 6.09. The van der Waals surface area contributed by atoms with Gasteiger partial charge in [-0.15, -0.1) is 0 Å². The molecule has 1 atom stereocenters. The van der Waals surface area contributed by atoms with Gasteiger partial charge in [-0.3, -0.25) is 0 Å². The van der Waals surface area contributed by atoms with E-state index in [4.69, 9.17) is 9.88 Å². The van der Waals surface area contributed by atoms with Gasteiger partial charge in [0, 0.05) is 6.61 Å². The minimum atomic E-state index is -3.30. The number of hydrogen-bond acceptors (Lipinski definition) is 3. The third-order valence-corrected chi connectivity index (χ3v) is 3.97. The summed E-state index contributed by atoms with van der Waals surface area (Å²) in [6, 6.07) is 0. The number of rotatable bonds is 7. The molecule has 16 heavy (non-hydrogen) atoms. The van der Waals surface area contributed by atoms with Gasteiger partial charge in [0.25, 0.3) is 0 Å². The average Bonchev–Trinajstić information content (AvgIpc) is 2.66. The minimum Gasteiger partial charge on any atom is -0.378 e. The first-order chi connectivity index (χ1) is 7.47. The van der Waals surface area contributed by atoms with E-state index in [0.29, 0.717) is 18.4 Å². The fraction of sp³-hybridized carbons (Fsp3) is 1.00. The van der Waals surface area contributed by atoms with E-state index in [-0.39, 0.29) is 5.75 Å². The van der Waals surface area contributed by atoms with Crippen molar-refractivity contribution in [3.05, 3.63) is 0 Å². The Morgan fingerprint density at radius 3 is 2.50 bits per heavy atom. The minimum absolute atomic E-state index is 0.0809. The Morgan fingerprint density at radius 2 is 1.94 bits per heavy atom. The Morgan fingerprint density at radius 1 is 1.31 bits per heavy atom. The smallest absolute Gasteiger partial charge is 0.209 e. The van der Waals surface area contributed by atoms with Gasteiger partial charge in [-0.25, -0.2) is 13.6 Å². The highest BCUT2D eigenvalue weighted by Crippen LogP contribution is 2.21. The van der Waals surface area contributed by atoms with Crippen LogP contribution in [0.2, 0.25) is 0 Å². The molecule has 96 valence electrons. The summed E-state index contributed by atoms with van der Waals surface area (Å²) < 4.78 is 27.3. The molecule has 0 saturated heterocycles. The molecule has 2 N–H and O–H groups in total. The molecule has 0 aromatic rings. The molecule has 1 saturated carbocycles. The van der Waals surface area contributed by atoms with Gasteiger partial charge in [-0.05, 0) is 31.6 Å². The zero-order chi connectivity index (χ0) is 12.0. The highest BCUT2D eigenvalue weighted by molar-refractivity contribution is 7.89. The lowest BCUT2D eigenvalue weighted by Crippen LogP contribution is -2.19. The van der Waals surface area contributed by atoms with Crippen LogP contribution in [0.1, 0.15) is 45.4 Å². The molecule has 5 heteroatoms. The lowest BCUT2D eigenvalue weighted by Gasteiger charge is -2.14. The number of ether oxygens (including phenoxy) is 1. The van der Waals surface area contributed by atoms with Crippen molar-refractivity contribution < 1.29 is 13.2 Å². The van der Waals surface area contributed by atoms with E-state index in [1.165, 1.54) is 25.7 Å². The van der Waals surface area contributed by atoms with E-state index < -0.39 is 10.0 Å². The molecule has 1 rings (SSSR count). The molecule has 0 aromatic carbocycles. The molecule has 0 amide bonds. The fourth-order valence-corrected chi connectivity index (χ4v) is 2.73. The molecule has 1 aliphatic rings. The third-order valence-electron chi connectivity index (χ3n) is 3.16. The highest BCUT2D eigenvalue weighted by Gasteiger charge is 2.15. The lowest BCUT2D eigenvalue weighted by molar-refractivity contribution is 0.0502. The second-order valence-electron chi connectivity index (χ2n) is 4.83. The molecule has 1 unspecified atom stereocenters. The Kier molecular flexibility index (Phi) is 5.72. The van der Waals surface area contributed by atoms with Crippen LogP contribution < -0.4 is 5.14 Å². The number of sulfonamides is 1. The zero-order valence-corrected chi connectivity index (χ0v) is 10.8. The van der Waals surface area contributed by atoms with Crippen molar-refractivity contribution in [2.24, 2.45) is 11.1 Å². The van der Waals surface area contributed by atoms with Gasteiger partial charge in [-0.1, -0.05) is 19.8 Å². The van der Waals surface area contributed by atoms with Crippen molar-refractivity contribution in [2.45, 2.75) is 51.6 Å². The molecule has 4 nitrogen and oxygen atoms in total. The maximum absolute atomic E-state index is 10.8. The van der Waals surface area contributed by atoms with Gasteiger partial charge in [0.2, 0.25) is 10.0 Å². The summed E-state index contributed by atoms with van der Waals surface area (Å²) in [5.74, 6) is 0.442. The van der Waals surface area contributed by atoms with Crippen LogP contribution in [-0.2, 0) is 14.8 Å². The second kappa shape index (κ2) is 6.57. The van der Waals surface area contributed by atoms with Gasteiger partial charge in [0.15, 0.2) is 0 Å². The van der Waals surface area contributed by atoms with Crippen molar-refractivity contribution in [2.75, 3.05) is 12.4 Å². The molecule has 0 spiro atoms. The number of nitrogens with two attached hydrogens (primary N) is 1. The second-order valence-corrected chi connectivity index (χ2v) is 6.56. The SMILES string of the molecule is CC(CCOC1CCCC1)CCS(N)(=O)=O.